The van der Waals surface area contributed by atoms with E-state index in [4.69, 9.17) is 4.74 Å². The summed E-state index contributed by atoms with van der Waals surface area (Å²) in [5, 5.41) is 4.92. The van der Waals surface area contributed by atoms with Crippen LogP contribution in [0.4, 0.5) is 4.79 Å². The lowest BCUT2D eigenvalue weighted by atomic mass is 10.2. The topological polar surface area (TPSA) is 93.7 Å². The number of ether oxygens (including phenoxy) is 2. The zero-order valence-corrected chi connectivity index (χ0v) is 13.5. The Morgan fingerprint density at radius 2 is 1.78 bits per heavy atom. The van der Waals surface area contributed by atoms with E-state index in [1.807, 2.05) is 30.3 Å². The maximum Gasteiger partial charge on any atom is 0.408 e. The van der Waals surface area contributed by atoms with E-state index in [9.17, 15) is 14.4 Å². The zero-order chi connectivity index (χ0) is 17.2. The van der Waals surface area contributed by atoms with Crippen molar-refractivity contribution in [3.63, 3.8) is 0 Å². The molecule has 0 fully saturated rings. The first-order valence-electron chi connectivity index (χ1n) is 7.33. The van der Waals surface area contributed by atoms with Gasteiger partial charge in [-0.1, -0.05) is 37.3 Å². The Morgan fingerprint density at radius 1 is 1.13 bits per heavy atom. The predicted octanol–water partition coefficient (Wildman–Crippen LogP) is 1.37. The standard InChI is InChI=1S/C16H22N2O5/c1-4-13(15(20)22-3)18-14(19)11(2)17-16(21)23-10-12-8-6-5-7-9-12/h5-9,11,13H,4,10H2,1-3H3,(H,17,21)(H,18,19). The molecule has 126 valence electrons. The molecule has 0 saturated carbocycles. The van der Waals surface area contributed by atoms with E-state index in [1.54, 1.807) is 6.92 Å². The third kappa shape index (κ3) is 6.37. The second kappa shape index (κ2) is 9.45. The normalized spacial score (nSPS) is 12.7. The minimum Gasteiger partial charge on any atom is -0.467 e. The Balaban J connectivity index is 2.41. The number of carbonyl (C=O) groups is 3. The van der Waals surface area contributed by atoms with Crippen LogP contribution in [0.5, 0.6) is 0 Å². The van der Waals surface area contributed by atoms with Gasteiger partial charge in [0.15, 0.2) is 0 Å². The Morgan fingerprint density at radius 3 is 2.35 bits per heavy atom. The Kier molecular flexibility index (Phi) is 7.59. The molecule has 0 heterocycles. The summed E-state index contributed by atoms with van der Waals surface area (Å²) in [5.41, 5.74) is 0.844. The highest BCUT2D eigenvalue weighted by molar-refractivity contribution is 5.89. The van der Waals surface area contributed by atoms with E-state index in [1.165, 1.54) is 14.0 Å². The smallest absolute Gasteiger partial charge is 0.408 e. The van der Waals surface area contributed by atoms with Crippen molar-refractivity contribution in [1.82, 2.24) is 10.6 Å². The number of nitrogens with one attached hydrogen (secondary N) is 2. The number of hydrogen-bond donors (Lipinski definition) is 2. The van der Waals surface area contributed by atoms with Crippen LogP contribution in [0, 0.1) is 0 Å². The number of amides is 2. The number of benzene rings is 1. The molecule has 7 nitrogen and oxygen atoms in total. The number of methoxy groups -OCH3 is 1. The van der Waals surface area contributed by atoms with Gasteiger partial charge in [-0.25, -0.2) is 9.59 Å². The molecule has 2 N–H and O–H groups in total. The molecule has 1 rings (SSSR count). The van der Waals surface area contributed by atoms with E-state index >= 15 is 0 Å². The Bertz CT molecular complexity index is 533. The summed E-state index contributed by atoms with van der Waals surface area (Å²) in [6, 6.07) is 7.61. The fourth-order valence-electron chi connectivity index (χ4n) is 1.77. The van der Waals surface area contributed by atoms with Crippen LogP contribution in [0.15, 0.2) is 30.3 Å². The highest BCUT2D eigenvalue weighted by atomic mass is 16.5. The molecule has 0 aliphatic rings. The molecule has 23 heavy (non-hydrogen) atoms. The lowest BCUT2D eigenvalue weighted by molar-refractivity contribution is -0.145. The quantitative estimate of drug-likeness (QED) is 0.740. The molecule has 0 saturated heterocycles. The average Bonchev–Trinajstić information content (AvgIpc) is 2.57. The summed E-state index contributed by atoms with van der Waals surface area (Å²) in [5.74, 6) is -1.02. The van der Waals surface area contributed by atoms with Gasteiger partial charge in [-0.3, -0.25) is 4.79 Å². The van der Waals surface area contributed by atoms with Gasteiger partial charge in [0.2, 0.25) is 5.91 Å². The van der Waals surface area contributed by atoms with Crippen LogP contribution >= 0.6 is 0 Å². The third-order valence-electron chi connectivity index (χ3n) is 3.15. The summed E-state index contributed by atoms with van der Waals surface area (Å²) in [4.78, 5) is 35.1. The van der Waals surface area contributed by atoms with E-state index in [0.717, 1.165) is 5.56 Å². The Hall–Kier alpha value is -2.57. The predicted molar refractivity (Wildman–Crippen MR) is 83.5 cm³/mol. The van der Waals surface area contributed by atoms with Crippen LogP contribution in [0.25, 0.3) is 0 Å². The molecule has 0 aliphatic carbocycles. The van der Waals surface area contributed by atoms with E-state index in [2.05, 4.69) is 15.4 Å². The summed E-state index contributed by atoms with van der Waals surface area (Å²) >= 11 is 0. The van der Waals surface area contributed by atoms with E-state index < -0.39 is 30.1 Å². The SMILES string of the molecule is CCC(NC(=O)C(C)NC(=O)OCc1ccccc1)C(=O)OC. The van der Waals surface area contributed by atoms with Crippen LogP contribution in [-0.4, -0.2) is 37.2 Å². The first kappa shape index (κ1) is 18.5. The average molecular weight is 322 g/mol. The molecular weight excluding hydrogens is 300 g/mol. The van der Waals surface area contributed by atoms with Crippen molar-refractivity contribution in [3.05, 3.63) is 35.9 Å². The molecule has 2 amide bonds. The van der Waals surface area contributed by atoms with E-state index in [0.29, 0.717) is 6.42 Å². The monoisotopic (exact) mass is 322 g/mol. The summed E-state index contributed by atoms with van der Waals surface area (Å²) in [6.07, 6.45) is -0.313. The lowest BCUT2D eigenvalue weighted by Crippen LogP contribution is -2.50. The Labute approximate surface area is 135 Å². The summed E-state index contributed by atoms with van der Waals surface area (Å²) in [7, 11) is 1.25. The fraction of sp³-hybridized carbons (Fsp3) is 0.438. The first-order chi connectivity index (χ1) is 11.0. The van der Waals surface area contributed by atoms with Crippen molar-refractivity contribution in [3.8, 4) is 0 Å². The molecule has 0 spiro atoms. The molecule has 2 atom stereocenters. The van der Waals surface area contributed by atoms with Crippen molar-refractivity contribution >= 4 is 18.0 Å². The summed E-state index contributed by atoms with van der Waals surface area (Å²) in [6.45, 7) is 3.36. The van der Waals surface area contributed by atoms with Gasteiger partial charge >= 0.3 is 12.1 Å². The second-order valence-electron chi connectivity index (χ2n) is 4.92. The molecule has 0 bridgehead atoms. The van der Waals surface area contributed by atoms with Crippen molar-refractivity contribution < 1.29 is 23.9 Å². The van der Waals surface area contributed by atoms with Crippen LogP contribution in [0.1, 0.15) is 25.8 Å². The minimum absolute atomic E-state index is 0.112. The molecule has 1 aromatic carbocycles. The maximum atomic E-state index is 12.0. The van der Waals surface area contributed by atoms with Crippen molar-refractivity contribution in [2.24, 2.45) is 0 Å². The van der Waals surface area contributed by atoms with Gasteiger partial charge in [0, 0.05) is 0 Å². The molecule has 0 aliphatic heterocycles. The van der Waals surface area contributed by atoms with Gasteiger partial charge in [-0.15, -0.1) is 0 Å². The van der Waals surface area contributed by atoms with Gasteiger partial charge in [-0.2, -0.15) is 0 Å². The van der Waals surface area contributed by atoms with Crippen LogP contribution in [0.2, 0.25) is 0 Å². The van der Waals surface area contributed by atoms with Crippen molar-refractivity contribution in [2.75, 3.05) is 7.11 Å². The first-order valence-corrected chi connectivity index (χ1v) is 7.33. The maximum absolute atomic E-state index is 12.0. The largest absolute Gasteiger partial charge is 0.467 e. The van der Waals surface area contributed by atoms with Gasteiger partial charge in [0.05, 0.1) is 7.11 Å². The highest BCUT2D eigenvalue weighted by Crippen LogP contribution is 2.01. The van der Waals surface area contributed by atoms with Gasteiger partial charge in [-0.05, 0) is 18.9 Å². The number of rotatable bonds is 7. The van der Waals surface area contributed by atoms with Gasteiger partial charge in [0.1, 0.15) is 18.7 Å². The number of hydrogen-bond acceptors (Lipinski definition) is 5. The van der Waals surface area contributed by atoms with Crippen molar-refractivity contribution in [2.45, 2.75) is 39.0 Å². The van der Waals surface area contributed by atoms with E-state index in [-0.39, 0.29) is 6.61 Å². The molecule has 1 aromatic rings. The number of carbonyl (C=O) groups excluding carboxylic acids is 3. The van der Waals surface area contributed by atoms with Crippen LogP contribution < -0.4 is 10.6 Å². The molecule has 7 heteroatoms. The molecule has 2 unspecified atom stereocenters. The third-order valence-corrected chi connectivity index (χ3v) is 3.15. The van der Waals surface area contributed by atoms with Gasteiger partial charge in [0.25, 0.3) is 0 Å². The fourth-order valence-corrected chi connectivity index (χ4v) is 1.77. The zero-order valence-electron chi connectivity index (χ0n) is 13.5. The van der Waals surface area contributed by atoms with Crippen LogP contribution in [-0.2, 0) is 25.7 Å². The number of esters is 1. The molecule has 0 radical (unpaired) electrons. The van der Waals surface area contributed by atoms with Crippen molar-refractivity contribution in [1.29, 1.82) is 0 Å². The summed E-state index contributed by atoms with van der Waals surface area (Å²) < 4.78 is 9.61. The molecule has 0 aromatic heterocycles. The minimum atomic E-state index is -0.836. The number of alkyl carbamates (subject to hydrolysis) is 1. The lowest BCUT2D eigenvalue weighted by Gasteiger charge is -2.18. The molecular formula is C16H22N2O5. The second-order valence-corrected chi connectivity index (χ2v) is 4.92. The highest BCUT2D eigenvalue weighted by Gasteiger charge is 2.23. The van der Waals surface area contributed by atoms with Crippen LogP contribution in [0.3, 0.4) is 0 Å². The van der Waals surface area contributed by atoms with Gasteiger partial charge < -0.3 is 20.1 Å².